The van der Waals surface area contributed by atoms with Gasteiger partial charge in [-0.05, 0) is 147 Å². The van der Waals surface area contributed by atoms with Gasteiger partial charge in [-0.25, -0.2) is 0 Å². The van der Waals surface area contributed by atoms with Crippen molar-refractivity contribution in [2.24, 2.45) is 0 Å². The highest BCUT2D eigenvalue weighted by Crippen LogP contribution is 2.47. The predicted octanol–water partition coefficient (Wildman–Crippen LogP) is 19.3. The Balaban J connectivity index is 0.948. The minimum Gasteiger partial charge on any atom is -0.310 e. The van der Waals surface area contributed by atoms with Crippen LogP contribution in [0.15, 0.2) is 273 Å². The fourth-order valence-electron chi connectivity index (χ4n) is 10.7. The van der Waals surface area contributed by atoms with Crippen molar-refractivity contribution in [3.63, 3.8) is 0 Å². The molecule has 0 saturated carbocycles. The van der Waals surface area contributed by atoms with Gasteiger partial charge in [-0.3, -0.25) is 0 Å². The molecule has 0 bridgehead atoms. The van der Waals surface area contributed by atoms with Crippen molar-refractivity contribution < 1.29 is 0 Å². The minimum atomic E-state index is 1.09. The van der Waals surface area contributed by atoms with Crippen molar-refractivity contribution >= 4 is 70.9 Å². The first-order chi connectivity index (χ1) is 34.2. The molecule has 0 fully saturated rings. The van der Waals surface area contributed by atoms with E-state index in [4.69, 9.17) is 0 Å². The Morgan fingerprint density at radius 1 is 0.188 bits per heavy atom. The molecule has 322 valence electrons. The summed E-state index contributed by atoms with van der Waals surface area (Å²) in [5, 5.41) is 12.4. The highest BCUT2D eigenvalue weighted by molar-refractivity contribution is 6.22. The SMILES string of the molecule is c1ccc(-c2c(-c3ccccc3)c3cc(-c4cccc(N(c5ccc(-c6ccc(-c7ccc8ccccc8c7)cc6)cc5)c5cccc6c5ccc5ccccc56)c4)ccc3c3ccccc23)cc1. The zero-order chi connectivity index (χ0) is 45.7. The van der Waals surface area contributed by atoms with Crippen LogP contribution in [0.4, 0.5) is 17.1 Å². The van der Waals surface area contributed by atoms with E-state index < -0.39 is 0 Å². The summed E-state index contributed by atoms with van der Waals surface area (Å²) in [6.45, 7) is 0. The van der Waals surface area contributed by atoms with Gasteiger partial charge in [-0.2, -0.15) is 0 Å². The van der Waals surface area contributed by atoms with E-state index in [2.05, 4.69) is 278 Å². The Bertz CT molecular complexity index is 4040. The second-order valence-electron chi connectivity index (χ2n) is 18.0. The van der Waals surface area contributed by atoms with Crippen LogP contribution in [0.2, 0.25) is 0 Å². The van der Waals surface area contributed by atoms with E-state index in [9.17, 15) is 0 Å². The summed E-state index contributed by atoms with van der Waals surface area (Å²) < 4.78 is 0. The van der Waals surface area contributed by atoms with Gasteiger partial charge < -0.3 is 4.90 Å². The van der Waals surface area contributed by atoms with Crippen LogP contribution in [0.1, 0.15) is 0 Å². The quantitative estimate of drug-likeness (QED) is 0.138. The van der Waals surface area contributed by atoms with Crippen LogP contribution in [-0.4, -0.2) is 0 Å². The van der Waals surface area contributed by atoms with Gasteiger partial charge in [0.15, 0.2) is 0 Å². The van der Waals surface area contributed by atoms with Crippen molar-refractivity contribution in [3.05, 3.63) is 273 Å². The van der Waals surface area contributed by atoms with Crippen molar-refractivity contribution in [2.45, 2.75) is 0 Å². The molecule has 0 amide bonds. The molecule has 0 N–H and O–H groups in total. The second kappa shape index (κ2) is 17.0. The van der Waals surface area contributed by atoms with E-state index in [0.717, 1.165) is 22.6 Å². The summed E-state index contributed by atoms with van der Waals surface area (Å²) in [5.74, 6) is 0. The van der Waals surface area contributed by atoms with Crippen LogP contribution < -0.4 is 4.90 Å². The fourth-order valence-corrected chi connectivity index (χ4v) is 10.7. The van der Waals surface area contributed by atoms with E-state index in [1.54, 1.807) is 0 Å². The lowest BCUT2D eigenvalue weighted by molar-refractivity contribution is 1.30. The fraction of sp³-hybridized carbons (Fsp3) is 0. The van der Waals surface area contributed by atoms with Gasteiger partial charge in [-0.15, -0.1) is 0 Å². The van der Waals surface area contributed by atoms with E-state index in [1.807, 2.05) is 0 Å². The van der Waals surface area contributed by atoms with Crippen LogP contribution in [0.3, 0.4) is 0 Å². The zero-order valence-corrected chi connectivity index (χ0v) is 37.9. The molecule has 0 aliphatic heterocycles. The minimum absolute atomic E-state index is 1.09. The Labute approximate surface area is 402 Å². The van der Waals surface area contributed by atoms with Crippen LogP contribution in [0, 0.1) is 0 Å². The van der Waals surface area contributed by atoms with E-state index in [1.165, 1.54) is 104 Å². The molecule has 0 heterocycles. The maximum Gasteiger partial charge on any atom is 0.0540 e. The average molecular weight is 876 g/mol. The molecule has 0 atom stereocenters. The smallest absolute Gasteiger partial charge is 0.0540 e. The molecule has 1 nitrogen and oxygen atoms in total. The lowest BCUT2D eigenvalue weighted by atomic mass is 9.84. The predicted molar refractivity (Wildman–Crippen MR) is 296 cm³/mol. The third kappa shape index (κ3) is 7.20. The van der Waals surface area contributed by atoms with Crippen LogP contribution >= 0.6 is 0 Å². The summed E-state index contributed by atoms with van der Waals surface area (Å²) in [5.41, 5.74) is 15.4. The Kier molecular flexibility index (Phi) is 9.91. The van der Waals surface area contributed by atoms with E-state index >= 15 is 0 Å². The van der Waals surface area contributed by atoms with Crippen LogP contribution in [-0.2, 0) is 0 Å². The molecule has 0 spiro atoms. The van der Waals surface area contributed by atoms with Gasteiger partial charge in [-0.1, -0.05) is 231 Å². The molecule has 1 heteroatoms. The molecule has 13 aromatic carbocycles. The molecule has 0 aromatic heterocycles. The number of hydrogen-bond donors (Lipinski definition) is 0. The number of anilines is 3. The maximum absolute atomic E-state index is 2.44. The average Bonchev–Trinajstić information content (AvgIpc) is 3.43. The summed E-state index contributed by atoms with van der Waals surface area (Å²) in [7, 11) is 0. The molecule has 13 rings (SSSR count). The summed E-state index contributed by atoms with van der Waals surface area (Å²) in [4.78, 5) is 2.44. The first-order valence-corrected chi connectivity index (χ1v) is 23.8. The first kappa shape index (κ1) is 40.3. The molecular formula is C68H45N. The van der Waals surface area contributed by atoms with Gasteiger partial charge in [0.25, 0.3) is 0 Å². The topological polar surface area (TPSA) is 3.24 Å². The van der Waals surface area contributed by atoms with Gasteiger partial charge >= 0.3 is 0 Å². The Morgan fingerprint density at radius 3 is 1.38 bits per heavy atom. The van der Waals surface area contributed by atoms with Crippen LogP contribution in [0.25, 0.3) is 109 Å². The van der Waals surface area contributed by atoms with Gasteiger partial charge in [0.05, 0.1) is 5.69 Å². The number of benzene rings is 13. The monoisotopic (exact) mass is 875 g/mol. The van der Waals surface area contributed by atoms with E-state index in [0.29, 0.717) is 0 Å². The number of nitrogens with zero attached hydrogens (tertiary/aromatic N) is 1. The van der Waals surface area contributed by atoms with Gasteiger partial charge in [0.1, 0.15) is 0 Å². The maximum atomic E-state index is 2.44. The lowest BCUT2D eigenvalue weighted by Gasteiger charge is -2.28. The molecule has 0 aliphatic carbocycles. The third-order valence-electron chi connectivity index (χ3n) is 14.0. The standard InChI is InChI=1S/C68H45N/c1-3-17-51(18-4-1)67-64-26-12-11-25-61(64)62-41-38-56(45-65(62)68(67)52-19-5-2-6-20-52)54-22-13-23-58(44-54)69(66-28-14-27-60-59-24-10-9-16-50(59)37-42-63(60)66)57-39-35-48(36-40-57)47-29-31-49(32-30-47)55-34-33-46-15-7-8-21-53(46)43-55/h1-45H. The normalized spacial score (nSPS) is 11.5. The molecule has 0 saturated heterocycles. The highest BCUT2D eigenvalue weighted by atomic mass is 15.1. The number of hydrogen-bond acceptors (Lipinski definition) is 1. The van der Waals surface area contributed by atoms with Crippen molar-refractivity contribution in [3.8, 4) is 55.6 Å². The molecular weight excluding hydrogens is 831 g/mol. The molecule has 0 aliphatic rings. The summed E-state index contributed by atoms with van der Waals surface area (Å²) in [6, 6.07) is 100. The van der Waals surface area contributed by atoms with E-state index in [-0.39, 0.29) is 0 Å². The van der Waals surface area contributed by atoms with Crippen molar-refractivity contribution in [1.29, 1.82) is 0 Å². The number of fused-ring (bicyclic) bond motifs is 7. The zero-order valence-electron chi connectivity index (χ0n) is 37.9. The molecule has 69 heavy (non-hydrogen) atoms. The highest BCUT2D eigenvalue weighted by Gasteiger charge is 2.20. The molecule has 0 unspecified atom stereocenters. The lowest BCUT2D eigenvalue weighted by Crippen LogP contribution is -2.10. The van der Waals surface area contributed by atoms with Crippen LogP contribution in [0.5, 0.6) is 0 Å². The largest absolute Gasteiger partial charge is 0.310 e. The molecule has 13 aromatic rings. The Hall–Kier alpha value is -9.04. The Morgan fingerprint density at radius 2 is 0.638 bits per heavy atom. The molecule has 0 radical (unpaired) electrons. The van der Waals surface area contributed by atoms with Crippen molar-refractivity contribution in [2.75, 3.05) is 4.90 Å². The van der Waals surface area contributed by atoms with Gasteiger partial charge in [0.2, 0.25) is 0 Å². The van der Waals surface area contributed by atoms with Crippen molar-refractivity contribution in [1.82, 2.24) is 0 Å². The number of rotatable bonds is 8. The second-order valence-corrected chi connectivity index (χ2v) is 18.0. The third-order valence-corrected chi connectivity index (χ3v) is 14.0. The first-order valence-electron chi connectivity index (χ1n) is 23.8. The van der Waals surface area contributed by atoms with Gasteiger partial charge in [0, 0.05) is 16.8 Å². The summed E-state index contributed by atoms with van der Waals surface area (Å²) >= 11 is 0. The summed E-state index contributed by atoms with van der Waals surface area (Å²) in [6.07, 6.45) is 0.